The highest BCUT2D eigenvalue weighted by molar-refractivity contribution is 6.30. The van der Waals surface area contributed by atoms with Gasteiger partial charge in [0.2, 0.25) is 0 Å². The standard InChI is InChI=1S/C17H17ClN2O3/c1-2-16(21)11-17(19-14-7-5-13(18)6-8-14)12-3-9-15(10-4-12)20(22)23/h3-10,17,19H,2,11H2,1H3. The number of carbonyl (C=O) groups is 1. The average Bonchev–Trinajstić information content (AvgIpc) is 2.56. The maximum absolute atomic E-state index is 11.8. The molecule has 0 aromatic heterocycles. The first-order valence-electron chi connectivity index (χ1n) is 7.27. The number of nitrogens with one attached hydrogen (secondary N) is 1. The molecule has 0 aliphatic carbocycles. The number of halogens is 1. The second kappa shape index (κ2) is 7.74. The highest BCUT2D eigenvalue weighted by Gasteiger charge is 2.16. The largest absolute Gasteiger partial charge is 0.378 e. The molecule has 23 heavy (non-hydrogen) atoms. The van der Waals surface area contributed by atoms with Crippen LogP contribution in [0.1, 0.15) is 31.4 Å². The zero-order valence-electron chi connectivity index (χ0n) is 12.7. The molecular formula is C17H17ClN2O3. The molecule has 0 amide bonds. The number of Topliss-reactive ketones (excluding diaryl/α,β-unsaturated/α-hetero) is 1. The molecule has 0 aliphatic rings. The van der Waals surface area contributed by atoms with Crippen molar-refractivity contribution in [3.63, 3.8) is 0 Å². The Kier molecular flexibility index (Phi) is 5.71. The Bertz CT molecular complexity index is 684. The molecule has 0 saturated carbocycles. The van der Waals surface area contributed by atoms with E-state index in [1.54, 1.807) is 24.3 Å². The zero-order chi connectivity index (χ0) is 16.8. The summed E-state index contributed by atoms with van der Waals surface area (Å²) in [5.74, 6) is 0.120. The number of ketones is 1. The first-order valence-corrected chi connectivity index (χ1v) is 7.65. The smallest absolute Gasteiger partial charge is 0.269 e. The van der Waals surface area contributed by atoms with E-state index >= 15 is 0 Å². The van der Waals surface area contributed by atoms with Gasteiger partial charge in [-0.3, -0.25) is 14.9 Å². The van der Waals surface area contributed by atoms with Crippen molar-refractivity contribution >= 4 is 28.8 Å². The van der Waals surface area contributed by atoms with Crippen LogP contribution in [0.25, 0.3) is 0 Å². The lowest BCUT2D eigenvalue weighted by molar-refractivity contribution is -0.384. The molecular weight excluding hydrogens is 316 g/mol. The van der Waals surface area contributed by atoms with Gasteiger partial charge in [-0.2, -0.15) is 0 Å². The van der Waals surface area contributed by atoms with Crippen molar-refractivity contribution in [2.75, 3.05) is 5.32 Å². The summed E-state index contributed by atoms with van der Waals surface area (Å²) in [4.78, 5) is 22.2. The fraction of sp³-hybridized carbons (Fsp3) is 0.235. The molecule has 6 heteroatoms. The summed E-state index contributed by atoms with van der Waals surface area (Å²) in [6, 6.07) is 13.2. The van der Waals surface area contributed by atoms with Gasteiger partial charge in [0.25, 0.3) is 5.69 Å². The lowest BCUT2D eigenvalue weighted by atomic mass is 9.99. The van der Waals surface area contributed by atoms with E-state index in [1.807, 2.05) is 19.1 Å². The molecule has 0 fully saturated rings. The van der Waals surface area contributed by atoms with E-state index in [-0.39, 0.29) is 17.5 Å². The van der Waals surface area contributed by atoms with Crippen LogP contribution in [0.4, 0.5) is 11.4 Å². The lowest BCUT2D eigenvalue weighted by Crippen LogP contribution is -2.15. The molecule has 1 N–H and O–H groups in total. The average molecular weight is 333 g/mol. The van der Waals surface area contributed by atoms with Crippen LogP contribution < -0.4 is 5.32 Å². The number of benzene rings is 2. The Labute approximate surface area is 139 Å². The van der Waals surface area contributed by atoms with Gasteiger partial charge in [-0.15, -0.1) is 0 Å². The van der Waals surface area contributed by atoms with E-state index in [0.29, 0.717) is 17.9 Å². The van der Waals surface area contributed by atoms with Gasteiger partial charge in [0.05, 0.1) is 11.0 Å². The Balaban J connectivity index is 2.23. The van der Waals surface area contributed by atoms with Crippen molar-refractivity contribution in [2.45, 2.75) is 25.8 Å². The van der Waals surface area contributed by atoms with E-state index in [4.69, 9.17) is 11.6 Å². The maximum Gasteiger partial charge on any atom is 0.269 e. The van der Waals surface area contributed by atoms with Crippen LogP contribution in [0.15, 0.2) is 48.5 Å². The lowest BCUT2D eigenvalue weighted by Gasteiger charge is -2.20. The van der Waals surface area contributed by atoms with Gasteiger partial charge in [0, 0.05) is 35.7 Å². The first kappa shape index (κ1) is 17.0. The third kappa shape index (κ3) is 4.79. The Hall–Kier alpha value is -2.40. The molecule has 0 bridgehead atoms. The van der Waals surface area contributed by atoms with Gasteiger partial charge >= 0.3 is 0 Å². The van der Waals surface area contributed by atoms with Crippen LogP contribution in [0.3, 0.4) is 0 Å². The molecule has 2 aromatic carbocycles. The normalized spacial score (nSPS) is 11.7. The van der Waals surface area contributed by atoms with Gasteiger partial charge in [-0.1, -0.05) is 30.7 Å². The van der Waals surface area contributed by atoms with Crippen molar-refractivity contribution in [2.24, 2.45) is 0 Å². The minimum atomic E-state index is -0.442. The quantitative estimate of drug-likeness (QED) is 0.585. The van der Waals surface area contributed by atoms with E-state index in [1.165, 1.54) is 12.1 Å². The number of carbonyl (C=O) groups excluding carboxylic acids is 1. The second-order valence-electron chi connectivity index (χ2n) is 5.15. The van der Waals surface area contributed by atoms with Crippen LogP contribution in [0, 0.1) is 10.1 Å². The van der Waals surface area contributed by atoms with Gasteiger partial charge < -0.3 is 5.32 Å². The molecule has 120 valence electrons. The predicted molar refractivity (Wildman–Crippen MR) is 90.8 cm³/mol. The number of nitro groups is 1. The molecule has 0 heterocycles. The van der Waals surface area contributed by atoms with E-state index in [9.17, 15) is 14.9 Å². The summed E-state index contributed by atoms with van der Waals surface area (Å²) in [7, 11) is 0. The number of hydrogen-bond acceptors (Lipinski definition) is 4. The van der Waals surface area contributed by atoms with Crippen molar-refractivity contribution < 1.29 is 9.72 Å². The Morgan fingerprint density at radius 1 is 1.17 bits per heavy atom. The highest BCUT2D eigenvalue weighted by Crippen LogP contribution is 2.26. The fourth-order valence-corrected chi connectivity index (χ4v) is 2.33. The highest BCUT2D eigenvalue weighted by atomic mass is 35.5. The van der Waals surface area contributed by atoms with Gasteiger partial charge in [-0.25, -0.2) is 0 Å². The number of non-ortho nitro benzene ring substituents is 1. The summed E-state index contributed by atoms with van der Waals surface area (Å²) in [6.07, 6.45) is 0.767. The fourth-order valence-electron chi connectivity index (χ4n) is 2.20. The van der Waals surface area contributed by atoms with Gasteiger partial charge in [0.15, 0.2) is 0 Å². The third-order valence-electron chi connectivity index (χ3n) is 3.52. The summed E-state index contributed by atoms with van der Waals surface area (Å²) in [6.45, 7) is 1.82. The number of nitrogens with zero attached hydrogens (tertiary/aromatic N) is 1. The molecule has 0 aliphatic heterocycles. The van der Waals surface area contributed by atoms with E-state index < -0.39 is 4.92 Å². The zero-order valence-corrected chi connectivity index (χ0v) is 13.4. The van der Waals surface area contributed by atoms with Crippen LogP contribution >= 0.6 is 11.6 Å². The van der Waals surface area contributed by atoms with Crippen LogP contribution in [-0.4, -0.2) is 10.7 Å². The third-order valence-corrected chi connectivity index (χ3v) is 3.77. The second-order valence-corrected chi connectivity index (χ2v) is 5.59. The molecule has 1 unspecified atom stereocenters. The molecule has 0 radical (unpaired) electrons. The summed E-state index contributed by atoms with van der Waals surface area (Å²) >= 11 is 5.87. The molecule has 2 aromatic rings. The van der Waals surface area contributed by atoms with Crippen molar-refractivity contribution in [1.82, 2.24) is 0 Å². The van der Waals surface area contributed by atoms with Gasteiger partial charge in [0.1, 0.15) is 5.78 Å². The summed E-state index contributed by atoms with van der Waals surface area (Å²) < 4.78 is 0. The predicted octanol–water partition coefficient (Wildman–Crippen LogP) is 4.77. The van der Waals surface area contributed by atoms with Crippen LogP contribution in [-0.2, 0) is 4.79 Å². The molecule has 1 atom stereocenters. The van der Waals surface area contributed by atoms with Crippen molar-refractivity contribution in [1.29, 1.82) is 0 Å². The molecule has 0 saturated heterocycles. The minimum Gasteiger partial charge on any atom is -0.378 e. The maximum atomic E-state index is 11.8. The number of nitro benzene ring substituents is 1. The van der Waals surface area contributed by atoms with Gasteiger partial charge in [-0.05, 0) is 29.8 Å². The van der Waals surface area contributed by atoms with E-state index in [0.717, 1.165) is 11.3 Å². The van der Waals surface area contributed by atoms with Crippen LogP contribution in [0.2, 0.25) is 5.02 Å². The van der Waals surface area contributed by atoms with Crippen molar-refractivity contribution in [3.8, 4) is 0 Å². The number of anilines is 1. The number of rotatable bonds is 7. The van der Waals surface area contributed by atoms with E-state index in [2.05, 4.69) is 5.32 Å². The van der Waals surface area contributed by atoms with Crippen LogP contribution in [0.5, 0.6) is 0 Å². The monoisotopic (exact) mass is 332 g/mol. The topological polar surface area (TPSA) is 72.2 Å². The molecule has 5 nitrogen and oxygen atoms in total. The SMILES string of the molecule is CCC(=O)CC(Nc1ccc(Cl)cc1)c1ccc([N+](=O)[O-])cc1. The molecule has 0 spiro atoms. The summed E-state index contributed by atoms with van der Waals surface area (Å²) in [5.41, 5.74) is 1.69. The number of hydrogen-bond donors (Lipinski definition) is 1. The Morgan fingerprint density at radius 3 is 2.30 bits per heavy atom. The molecule has 2 rings (SSSR count). The Morgan fingerprint density at radius 2 is 1.78 bits per heavy atom. The summed E-state index contributed by atoms with van der Waals surface area (Å²) in [5, 5.41) is 14.7. The first-order chi connectivity index (χ1) is 11.0. The van der Waals surface area contributed by atoms with Crippen molar-refractivity contribution in [3.05, 3.63) is 69.2 Å². The minimum absolute atomic E-state index is 0.0285.